The normalized spacial score (nSPS) is 14.3. The number of nitrogens with one attached hydrogen (secondary N) is 1. The lowest BCUT2D eigenvalue weighted by Crippen LogP contribution is -2.34. The summed E-state index contributed by atoms with van der Waals surface area (Å²) >= 11 is 0. The monoisotopic (exact) mass is 288 g/mol. The molecule has 2 heterocycles. The predicted octanol–water partition coefficient (Wildman–Crippen LogP) is 2.02. The van der Waals surface area contributed by atoms with E-state index in [1.54, 1.807) is 14.2 Å². The molecule has 5 heteroatoms. The lowest BCUT2D eigenvalue weighted by Gasteiger charge is -2.21. The van der Waals surface area contributed by atoms with E-state index in [2.05, 4.69) is 11.9 Å². The van der Waals surface area contributed by atoms with Gasteiger partial charge in [0.15, 0.2) is 0 Å². The van der Waals surface area contributed by atoms with Crippen molar-refractivity contribution in [1.82, 2.24) is 9.88 Å². The fourth-order valence-corrected chi connectivity index (χ4v) is 3.15. The molecule has 0 atom stereocenters. The first-order valence-electron chi connectivity index (χ1n) is 7.09. The van der Waals surface area contributed by atoms with Gasteiger partial charge in [0, 0.05) is 35.8 Å². The number of H-pyrrole nitrogens is 1. The molecule has 0 spiro atoms. The minimum Gasteiger partial charge on any atom is -0.496 e. The minimum absolute atomic E-state index is 0.0170. The van der Waals surface area contributed by atoms with Crippen LogP contribution in [0.5, 0.6) is 5.75 Å². The number of aromatic nitrogens is 1. The quantitative estimate of drug-likeness (QED) is 0.940. The summed E-state index contributed by atoms with van der Waals surface area (Å²) < 4.78 is 10.5. The van der Waals surface area contributed by atoms with Crippen molar-refractivity contribution in [2.24, 2.45) is 0 Å². The largest absolute Gasteiger partial charge is 0.496 e. The third-order valence-corrected chi connectivity index (χ3v) is 4.17. The molecule has 21 heavy (non-hydrogen) atoms. The van der Waals surface area contributed by atoms with Crippen molar-refractivity contribution in [3.63, 3.8) is 0 Å². The van der Waals surface area contributed by atoms with Crippen molar-refractivity contribution in [3.05, 3.63) is 29.0 Å². The standard InChI is InChI=1S/C16H20N2O3/c1-10-11-6-7-18(15(19)9-20-2)8-12-14(21-3)5-4-13(17-10)16(11)12/h4-5,17H,6-9H2,1-3H3. The van der Waals surface area contributed by atoms with Crippen LogP contribution in [0.1, 0.15) is 16.8 Å². The Bertz CT molecular complexity index is 690. The Labute approximate surface area is 123 Å². The maximum atomic E-state index is 12.2. The van der Waals surface area contributed by atoms with Gasteiger partial charge in [-0.15, -0.1) is 0 Å². The molecule has 112 valence electrons. The van der Waals surface area contributed by atoms with Gasteiger partial charge in [0.05, 0.1) is 13.7 Å². The number of carbonyl (C=O) groups is 1. The fraction of sp³-hybridized carbons (Fsp3) is 0.438. The molecule has 5 nitrogen and oxygen atoms in total. The molecule has 1 aliphatic heterocycles. The first kappa shape index (κ1) is 13.9. The summed E-state index contributed by atoms with van der Waals surface area (Å²) in [6.07, 6.45) is 0.849. The van der Waals surface area contributed by atoms with E-state index >= 15 is 0 Å². The van der Waals surface area contributed by atoms with Gasteiger partial charge in [-0.05, 0) is 31.0 Å². The van der Waals surface area contributed by atoms with Gasteiger partial charge in [0.25, 0.3) is 0 Å². The molecule has 3 rings (SSSR count). The lowest BCUT2D eigenvalue weighted by molar-refractivity contribution is -0.135. The number of ether oxygens (including phenoxy) is 2. The van der Waals surface area contributed by atoms with E-state index < -0.39 is 0 Å². The maximum absolute atomic E-state index is 12.2. The summed E-state index contributed by atoms with van der Waals surface area (Å²) in [6, 6.07) is 4.00. The average Bonchev–Trinajstić information content (AvgIpc) is 2.67. The van der Waals surface area contributed by atoms with E-state index in [9.17, 15) is 4.79 Å². The second-order valence-electron chi connectivity index (χ2n) is 5.40. The molecule has 2 aromatic rings. The van der Waals surface area contributed by atoms with E-state index in [4.69, 9.17) is 9.47 Å². The van der Waals surface area contributed by atoms with Crippen LogP contribution in [-0.2, 0) is 22.5 Å². The van der Waals surface area contributed by atoms with Crippen molar-refractivity contribution in [2.75, 3.05) is 27.4 Å². The zero-order chi connectivity index (χ0) is 15.0. The summed E-state index contributed by atoms with van der Waals surface area (Å²) in [7, 11) is 3.22. The third-order valence-electron chi connectivity index (χ3n) is 4.17. The SMILES string of the molecule is COCC(=O)N1CCc2c(C)[nH]c3ccc(OC)c(c23)C1. The van der Waals surface area contributed by atoms with Crippen LogP contribution in [0.25, 0.3) is 10.9 Å². The van der Waals surface area contributed by atoms with Gasteiger partial charge < -0.3 is 19.4 Å². The van der Waals surface area contributed by atoms with Crippen molar-refractivity contribution in [1.29, 1.82) is 0 Å². The summed E-state index contributed by atoms with van der Waals surface area (Å²) in [4.78, 5) is 17.5. The number of rotatable bonds is 3. The van der Waals surface area contributed by atoms with Crippen LogP contribution in [0.15, 0.2) is 12.1 Å². The van der Waals surface area contributed by atoms with E-state index in [1.807, 2.05) is 17.0 Å². The molecule has 0 bridgehead atoms. The number of aryl methyl sites for hydroxylation is 1. The molecule has 1 amide bonds. The van der Waals surface area contributed by atoms with Gasteiger partial charge in [0.1, 0.15) is 12.4 Å². The van der Waals surface area contributed by atoms with E-state index in [0.717, 1.165) is 23.3 Å². The molecule has 1 aromatic carbocycles. The Hall–Kier alpha value is -2.01. The van der Waals surface area contributed by atoms with Gasteiger partial charge in [0.2, 0.25) is 5.91 Å². The number of benzene rings is 1. The van der Waals surface area contributed by atoms with Crippen molar-refractivity contribution in [2.45, 2.75) is 19.9 Å². The zero-order valence-electron chi connectivity index (χ0n) is 12.7. The maximum Gasteiger partial charge on any atom is 0.248 e. The Morgan fingerprint density at radius 1 is 1.33 bits per heavy atom. The van der Waals surface area contributed by atoms with Crippen LogP contribution in [0.4, 0.5) is 0 Å². The molecular formula is C16H20N2O3. The molecule has 1 aliphatic rings. The highest BCUT2D eigenvalue weighted by molar-refractivity contribution is 5.91. The summed E-state index contributed by atoms with van der Waals surface area (Å²) in [5.74, 6) is 0.850. The van der Waals surface area contributed by atoms with Crippen molar-refractivity contribution in [3.8, 4) is 5.75 Å². The first-order chi connectivity index (χ1) is 10.2. The van der Waals surface area contributed by atoms with Gasteiger partial charge in [-0.25, -0.2) is 0 Å². The molecule has 0 fully saturated rings. The molecular weight excluding hydrogens is 268 g/mol. The molecule has 1 aromatic heterocycles. The minimum atomic E-state index is 0.0170. The number of carbonyl (C=O) groups excluding carboxylic acids is 1. The fourth-order valence-electron chi connectivity index (χ4n) is 3.15. The van der Waals surface area contributed by atoms with E-state index in [-0.39, 0.29) is 12.5 Å². The number of hydrogen-bond donors (Lipinski definition) is 1. The van der Waals surface area contributed by atoms with Crippen LogP contribution < -0.4 is 4.74 Å². The Morgan fingerprint density at radius 3 is 2.86 bits per heavy atom. The zero-order valence-corrected chi connectivity index (χ0v) is 12.7. The Kier molecular flexibility index (Phi) is 3.59. The van der Waals surface area contributed by atoms with Crippen LogP contribution >= 0.6 is 0 Å². The van der Waals surface area contributed by atoms with Crippen LogP contribution in [0.3, 0.4) is 0 Å². The number of methoxy groups -OCH3 is 2. The van der Waals surface area contributed by atoms with E-state index in [1.165, 1.54) is 16.6 Å². The van der Waals surface area contributed by atoms with Gasteiger partial charge >= 0.3 is 0 Å². The highest BCUT2D eigenvalue weighted by atomic mass is 16.5. The number of nitrogens with zero attached hydrogens (tertiary/aromatic N) is 1. The highest BCUT2D eigenvalue weighted by Gasteiger charge is 2.24. The molecule has 0 unspecified atom stereocenters. The summed E-state index contributed by atoms with van der Waals surface area (Å²) in [6.45, 7) is 3.46. The highest BCUT2D eigenvalue weighted by Crippen LogP contribution is 2.35. The third kappa shape index (κ3) is 2.27. The number of amides is 1. The van der Waals surface area contributed by atoms with Gasteiger partial charge in [-0.3, -0.25) is 4.79 Å². The smallest absolute Gasteiger partial charge is 0.248 e. The number of hydrogen-bond acceptors (Lipinski definition) is 3. The van der Waals surface area contributed by atoms with Crippen LogP contribution in [0.2, 0.25) is 0 Å². The van der Waals surface area contributed by atoms with Crippen LogP contribution in [-0.4, -0.2) is 43.2 Å². The number of aromatic amines is 1. The second-order valence-corrected chi connectivity index (χ2v) is 5.40. The average molecular weight is 288 g/mol. The summed E-state index contributed by atoms with van der Waals surface area (Å²) in [5, 5.41) is 1.21. The lowest BCUT2D eigenvalue weighted by atomic mass is 10.0. The molecule has 0 saturated heterocycles. The van der Waals surface area contributed by atoms with Crippen molar-refractivity contribution >= 4 is 16.8 Å². The van der Waals surface area contributed by atoms with E-state index in [0.29, 0.717) is 13.1 Å². The van der Waals surface area contributed by atoms with Gasteiger partial charge in [-0.2, -0.15) is 0 Å². The molecule has 0 aliphatic carbocycles. The van der Waals surface area contributed by atoms with Crippen LogP contribution in [0, 0.1) is 6.92 Å². The topological polar surface area (TPSA) is 54.6 Å². The van der Waals surface area contributed by atoms with Gasteiger partial charge in [-0.1, -0.05) is 0 Å². The summed E-state index contributed by atoms with van der Waals surface area (Å²) in [5.41, 5.74) is 4.64. The van der Waals surface area contributed by atoms with Crippen molar-refractivity contribution < 1.29 is 14.3 Å². The first-order valence-corrected chi connectivity index (χ1v) is 7.09. The molecule has 0 radical (unpaired) electrons. The Balaban J connectivity index is 2.11. The molecule has 1 N–H and O–H groups in total. The predicted molar refractivity (Wildman–Crippen MR) is 80.6 cm³/mol. The second kappa shape index (κ2) is 5.41. The Morgan fingerprint density at radius 2 is 2.14 bits per heavy atom. The molecule has 0 saturated carbocycles.